The molecule has 1 saturated carbocycles. The smallest absolute Gasteiger partial charge is 0.241 e. The Bertz CT molecular complexity index is 1260. The number of ether oxygens (including phenoxy) is 2. The van der Waals surface area contributed by atoms with Crippen LogP contribution in [0, 0.1) is 0 Å². The number of carbonyl (C=O) groups excluding carboxylic acids is 1. The first kappa shape index (κ1) is 22.5. The van der Waals surface area contributed by atoms with Crippen molar-refractivity contribution in [3.8, 4) is 22.6 Å². The average Bonchev–Trinajstić information content (AvgIpc) is 2.86. The molecule has 0 atom stereocenters. The SMILES string of the molecule is COc1ccc(-c2cc(=NNC(=O)CCN)oc3cc4c(cc23)CCC2(CCCCC2)O4)cc1. The van der Waals surface area contributed by atoms with Crippen molar-refractivity contribution in [1.82, 2.24) is 5.43 Å². The molecular formula is C27H31N3O4. The van der Waals surface area contributed by atoms with Crippen LogP contribution in [-0.2, 0) is 11.2 Å². The molecule has 3 N–H and O–H groups in total. The van der Waals surface area contributed by atoms with Crippen molar-refractivity contribution in [3.05, 3.63) is 53.6 Å². The van der Waals surface area contributed by atoms with Gasteiger partial charge >= 0.3 is 0 Å². The number of hydrogen-bond donors (Lipinski definition) is 2. The van der Waals surface area contributed by atoms with E-state index in [1.165, 1.54) is 24.8 Å². The molecule has 178 valence electrons. The van der Waals surface area contributed by atoms with Crippen LogP contribution >= 0.6 is 0 Å². The number of aryl methyl sites for hydroxylation is 1. The fourth-order valence-electron chi connectivity index (χ4n) is 5.10. The van der Waals surface area contributed by atoms with Gasteiger partial charge in [0, 0.05) is 30.5 Å². The molecule has 0 saturated heterocycles. The van der Waals surface area contributed by atoms with Gasteiger partial charge < -0.3 is 19.6 Å². The highest BCUT2D eigenvalue weighted by atomic mass is 16.5. The predicted octanol–water partition coefficient (Wildman–Crippen LogP) is 4.42. The van der Waals surface area contributed by atoms with Crippen LogP contribution in [0.15, 0.2) is 52.0 Å². The van der Waals surface area contributed by atoms with E-state index in [0.29, 0.717) is 11.1 Å². The number of fused-ring (bicyclic) bond motifs is 2. The third-order valence-corrected chi connectivity index (χ3v) is 6.94. The number of methoxy groups -OCH3 is 1. The summed E-state index contributed by atoms with van der Waals surface area (Å²) >= 11 is 0. The van der Waals surface area contributed by atoms with Crippen molar-refractivity contribution in [2.45, 2.75) is 57.0 Å². The van der Waals surface area contributed by atoms with E-state index in [4.69, 9.17) is 19.6 Å². The molecule has 1 amide bonds. The first-order chi connectivity index (χ1) is 16.6. The molecule has 1 spiro atoms. The Hall–Kier alpha value is -3.32. The minimum absolute atomic E-state index is 0.0457. The van der Waals surface area contributed by atoms with Crippen LogP contribution < -0.4 is 26.2 Å². The highest BCUT2D eigenvalue weighted by Crippen LogP contribution is 2.44. The number of amides is 1. The highest BCUT2D eigenvalue weighted by Gasteiger charge is 2.37. The third-order valence-electron chi connectivity index (χ3n) is 6.94. The van der Waals surface area contributed by atoms with Crippen molar-refractivity contribution in [3.63, 3.8) is 0 Å². The zero-order chi connectivity index (χ0) is 23.5. The molecule has 0 bridgehead atoms. The van der Waals surface area contributed by atoms with Gasteiger partial charge in [0.1, 0.15) is 22.7 Å². The highest BCUT2D eigenvalue weighted by molar-refractivity contribution is 5.94. The van der Waals surface area contributed by atoms with Gasteiger partial charge in [-0.15, -0.1) is 5.10 Å². The van der Waals surface area contributed by atoms with Gasteiger partial charge in [-0.1, -0.05) is 18.6 Å². The van der Waals surface area contributed by atoms with E-state index in [1.807, 2.05) is 36.4 Å². The van der Waals surface area contributed by atoms with E-state index in [-0.39, 0.29) is 24.5 Å². The van der Waals surface area contributed by atoms with Crippen molar-refractivity contribution in [1.29, 1.82) is 0 Å². The van der Waals surface area contributed by atoms with Crippen LogP contribution in [0.25, 0.3) is 22.1 Å². The molecule has 7 heteroatoms. The maximum absolute atomic E-state index is 11.9. The van der Waals surface area contributed by atoms with Gasteiger partial charge in [-0.05, 0) is 73.4 Å². The van der Waals surface area contributed by atoms with E-state index in [9.17, 15) is 4.79 Å². The van der Waals surface area contributed by atoms with Gasteiger partial charge in [0.2, 0.25) is 11.5 Å². The number of nitrogens with zero attached hydrogens (tertiary/aromatic N) is 1. The molecular weight excluding hydrogens is 430 g/mol. The minimum atomic E-state index is -0.253. The Morgan fingerprint density at radius 3 is 2.65 bits per heavy atom. The van der Waals surface area contributed by atoms with Crippen LogP contribution in [0.4, 0.5) is 0 Å². The topological polar surface area (TPSA) is 99.1 Å². The molecule has 1 aromatic heterocycles. The lowest BCUT2D eigenvalue weighted by molar-refractivity contribution is -0.121. The molecule has 34 heavy (non-hydrogen) atoms. The monoisotopic (exact) mass is 461 g/mol. The molecule has 2 aliphatic rings. The van der Waals surface area contributed by atoms with Crippen LogP contribution in [0.2, 0.25) is 0 Å². The molecule has 2 heterocycles. The third kappa shape index (κ3) is 4.53. The van der Waals surface area contributed by atoms with E-state index in [2.05, 4.69) is 16.6 Å². The average molecular weight is 462 g/mol. The fraction of sp³-hybridized carbons (Fsp3) is 0.407. The number of nitrogens with one attached hydrogen (secondary N) is 1. The van der Waals surface area contributed by atoms with Crippen molar-refractivity contribution in [2.24, 2.45) is 10.8 Å². The summed E-state index contributed by atoms with van der Waals surface area (Å²) in [4.78, 5) is 11.9. The summed E-state index contributed by atoms with van der Waals surface area (Å²) in [5, 5.41) is 5.19. The van der Waals surface area contributed by atoms with Gasteiger partial charge in [-0.3, -0.25) is 4.79 Å². The molecule has 1 aliphatic heterocycles. The molecule has 1 fully saturated rings. The zero-order valence-electron chi connectivity index (χ0n) is 19.6. The van der Waals surface area contributed by atoms with Gasteiger partial charge in [-0.25, -0.2) is 5.43 Å². The van der Waals surface area contributed by atoms with E-state index in [0.717, 1.165) is 53.7 Å². The predicted molar refractivity (Wildman–Crippen MR) is 130 cm³/mol. The van der Waals surface area contributed by atoms with Gasteiger partial charge in [0.05, 0.1) is 7.11 Å². The van der Waals surface area contributed by atoms with Gasteiger partial charge in [-0.2, -0.15) is 0 Å². The molecule has 0 radical (unpaired) electrons. The zero-order valence-corrected chi connectivity index (χ0v) is 19.6. The summed E-state index contributed by atoms with van der Waals surface area (Å²) in [6.45, 7) is 0.262. The summed E-state index contributed by atoms with van der Waals surface area (Å²) in [7, 11) is 1.65. The first-order valence-corrected chi connectivity index (χ1v) is 12.1. The van der Waals surface area contributed by atoms with Gasteiger partial charge in [0.15, 0.2) is 0 Å². The minimum Gasteiger partial charge on any atom is -0.497 e. The Labute approximate surface area is 198 Å². The Morgan fingerprint density at radius 1 is 1.12 bits per heavy atom. The molecule has 3 aromatic rings. The lowest BCUT2D eigenvalue weighted by Gasteiger charge is -2.41. The number of carbonyl (C=O) groups is 1. The quantitative estimate of drug-likeness (QED) is 0.548. The number of benzene rings is 2. The van der Waals surface area contributed by atoms with E-state index in [1.54, 1.807) is 7.11 Å². The second kappa shape index (κ2) is 9.50. The number of nitrogens with two attached hydrogens (primary N) is 1. The Morgan fingerprint density at radius 2 is 1.91 bits per heavy atom. The second-order valence-corrected chi connectivity index (χ2v) is 9.21. The molecule has 1 aliphatic carbocycles. The lowest BCUT2D eigenvalue weighted by atomic mass is 9.79. The largest absolute Gasteiger partial charge is 0.497 e. The van der Waals surface area contributed by atoms with E-state index < -0.39 is 0 Å². The summed E-state index contributed by atoms with van der Waals surface area (Å²) in [6.07, 6.45) is 8.21. The number of rotatable bonds is 5. The molecule has 7 nitrogen and oxygen atoms in total. The molecule has 0 unspecified atom stereocenters. The summed E-state index contributed by atoms with van der Waals surface area (Å²) in [5.74, 6) is 1.43. The van der Waals surface area contributed by atoms with Crippen LogP contribution in [0.1, 0.15) is 50.5 Å². The normalized spacial score (nSPS) is 17.3. The summed E-state index contributed by atoms with van der Waals surface area (Å²) in [6, 6.07) is 13.9. The maximum atomic E-state index is 11.9. The lowest BCUT2D eigenvalue weighted by Crippen LogP contribution is -2.41. The van der Waals surface area contributed by atoms with E-state index >= 15 is 0 Å². The Kier molecular flexibility index (Phi) is 6.28. The molecule has 5 rings (SSSR count). The molecule has 2 aromatic carbocycles. The number of hydrogen-bond acceptors (Lipinski definition) is 6. The first-order valence-electron chi connectivity index (χ1n) is 12.1. The van der Waals surface area contributed by atoms with Crippen LogP contribution in [0.5, 0.6) is 11.5 Å². The standard InChI is InChI=1S/C27H31N3O4/c1-32-20-7-5-18(6-8-20)21-16-26(30-29-25(31)10-14-28)33-24-17-23-19(15-22(21)24)9-13-27(34-23)11-3-2-4-12-27/h5-8,15-17H,2-4,9-14,28H2,1H3,(H,29,31). The van der Waals surface area contributed by atoms with Crippen molar-refractivity contribution < 1.29 is 18.7 Å². The summed E-state index contributed by atoms with van der Waals surface area (Å²) in [5.41, 5.74) is 12.1. The van der Waals surface area contributed by atoms with Crippen molar-refractivity contribution in [2.75, 3.05) is 13.7 Å². The summed E-state index contributed by atoms with van der Waals surface area (Å²) < 4.78 is 18.1. The second-order valence-electron chi connectivity index (χ2n) is 9.21. The fourth-order valence-corrected chi connectivity index (χ4v) is 5.10. The van der Waals surface area contributed by atoms with Crippen molar-refractivity contribution >= 4 is 16.9 Å². The Balaban J connectivity index is 1.61. The van der Waals surface area contributed by atoms with Crippen LogP contribution in [0.3, 0.4) is 0 Å². The van der Waals surface area contributed by atoms with Crippen LogP contribution in [-0.4, -0.2) is 25.2 Å². The van der Waals surface area contributed by atoms with Gasteiger partial charge in [0.25, 0.3) is 0 Å². The maximum Gasteiger partial charge on any atom is 0.241 e.